The number of piperidine rings is 1. The maximum absolute atomic E-state index is 5.68. The molecule has 2 nitrogen and oxygen atoms in total. The van der Waals surface area contributed by atoms with Crippen molar-refractivity contribution in [3.05, 3.63) is 57.8 Å². The number of rotatable bonds is 5. The van der Waals surface area contributed by atoms with E-state index in [1.165, 1.54) is 47.7 Å². The highest BCUT2D eigenvalue weighted by atomic mass is 32.1. The first-order valence-corrected chi connectivity index (χ1v) is 8.69. The summed E-state index contributed by atoms with van der Waals surface area (Å²) in [7, 11) is 0. The first-order chi connectivity index (χ1) is 10.3. The molecular weight excluding hydrogens is 276 g/mol. The number of likely N-dealkylation sites (tertiary alicyclic amines) is 1. The van der Waals surface area contributed by atoms with Crippen molar-refractivity contribution in [3.63, 3.8) is 0 Å². The summed E-state index contributed by atoms with van der Waals surface area (Å²) in [6.07, 6.45) is 3.89. The molecule has 1 aliphatic heterocycles. The molecule has 112 valence electrons. The molecule has 0 atom stereocenters. The molecule has 1 aliphatic rings. The van der Waals surface area contributed by atoms with Gasteiger partial charge in [-0.15, -0.1) is 11.3 Å². The van der Waals surface area contributed by atoms with Crippen molar-refractivity contribution in [2.24, 2.45) is 11.7 Å². The fraction of sp³-hybridized carbons (Fsp3) is 0.444. The van der Waals surface area contributed by atoms with Crippen LogP contribution in [0.15, 0.2) is 42.5 Å². The van der Waals surface area contributed by atoms with E-state index in [1.807, 2.05) is 11.3 Å². The molecule has 1 aromatic heterocycles. The Morgan fingerprint density at radius 1 is 1.00 bits per heavy atom. The van der Waals surface area contributed by atoms with Gasteiger partial charge in [-0.3, -0.25) is 4.90 Å². The van der Waals surface area contributed by atoms with Crippen LogP contribution in [0.1, 0.15) is 28.2 Å². The van der Waals surface area contributed by atoms with E-state index in [2.05, 4.69) is 47.4 Å². The first kappa shape index (κ1) is 14.8. The number of nitrogens with zero attached hydrogens (tertiary/aromatic N) is 1. The van der Waals surface area contributed by atoms with Gasteiger partial charge in [0.05, 0.1) is 0 Å². The van der Waals surface area contributed by atoms with Gasteiger partial charge in [0, 0.05) is 22.8 Å². The van der Waals surface area contributed by atoms with Crippen LogP contribution in [0.4, 0.5) is 0 Å². The summed E-state index contributed by atoms with van der Waals surface area (Å²) in [5, 5.41) is 0. The molecular formula is C18H24N2S. The molecule has 0 amide bonds. The van der Waals surface area contributed by atoms with Gasteiger partial charge >= 0.3 is 0 Å². The molecule has 21 heavy (non-hydrogen) atoms. The standard InChI is InChI=1S/C18H24N2S/c19-13-17-6-7-18(21-17)14-20-10-8-16(9-11-20)12-15-4-2-1-3-5-15/h1-7,16H,8-14,19H2. The minimum atomic E-state index is 0.670. The third-order valence-electron chi connectivity index (χ3n) is 4.37. The molecule has 3 heteroatoms. The molecule has 3 rings (SSSR count). The summed E-state index contributed by atoms with van der Waals surface area (Å²) >= 11 is 1.86. The van der Waals surface area contributed by atoms with Gasteiger partial charge in [-0.2, -0.15) is 0 Å². The minimum Gasteiger partial charge on any atom is -0.326 e. The van der Waals surface area contributed by atoms with E-state index in [-0.39, 0.29) is 0 Å². The Kier molecular flexibility index (Phi) is 5.07. The van der Waals surface area contributed by atoms with E-state index in [0.29, 0.717) is 6.54 Å². The van der Waals surface area contributed by atoms with E-state index in [9.17, 15) is 0 Å². The van der Waals surface area contributed by atoms with Gasteiger partial charge in [-0.1, -0.05) is 30.3 Å². The van der Waals surface area contributed by atoms with Crippen LogP contribution in [0.2, 0.25) is 0 Å². The molecule has 0 spiro atoms. The van der Waals surface area contributed by atoms with Gasteiger partial charge in [-0.05, 0) is 56.0 Å². The van der Waals surface area contributed by atoms with Gasteiger partial charge < -0.3 is 5.73 Å². The Labute approximate surface area is 131 Å². The number of hydrogen-bond donors (Lipinski definition) is 1. The maximum atomic E-state index is 5.68. The lowest BCUT2D eigenvalue weighted by atomic mass is 9.90. The van der Waals surface area contributed by atoms with Gasteiger partial charge in [0.25, 0.3) is 0 Å². The van der Waals surface area contributed by atoms with Crippen LogP contribution in [0.5, 0.6) is 0 Å². The molecule has 2 heterocycles. The van der Waals surface area contributed by atoms with Crippen LogP contribution in [-0.2, 0) is 19.5 Å². The molecule has 2 N–H and O–H groups in total. The van der Waals surface area contributed by atoms with Crippen LogP contribution < -0.4 is 5.73 Å². The second-order valence-electron chi connectivity index (χ2n) is 5.98. The average molecular weight is 300 g/mol. The fourth-order valence-corrected chi connectivity index (χ4v) is 4.07. The highest BCUT2D eigenvalue weighted by Crippen LogP contribution is 2.24. The summed E-state index contributed by atoms with van der Waals surface area (Å²) < 4.78 is 0. The Bertz CT molecular complexity index is 541. The van der Waals surface area contributed by atoms with Gasteiger partial charge in [0.1, 0.15) is 0 Å². The van der Waals surface area contributed by atoms with E-state index in [4.69, 9.17) is 5.73 Å². The molecule has 2 aromatic rings. The van der Waals surface area contributed by atoms with Crippen molar-refractivity contribution < 1.29 is 0 Å². The number of hydrogen-bond acceptors (Lipinski definition) is 3. The molecule has 1 saturated heterocycles. The van der Waals surface area contributed by atoms with E-state index >= 15 is 0 Å². The summed E-state index contributed by atoms with van der Waals surface area (Å²) in [6, 6.07) is 15.3. The normalized spacial score (nSPS) is 17.2. The summed E-state index contributed by atoms with van der Waals surface area (Å²) in [5.74, 6) is 0.853. The second-order valence-corrected chi connectivity index (χ2v) is 7.23. The SMILES string of the molecule is NCc1ccc(CN2CCC(Cc3ccccc3)CC2)s1. The average Bonchev–Trinajstić information content (AvgIpc) is 2.98. The second kappa shape index (κ2) is 7.21. The van der Waals surface area contributed by atoms with Crippen LogP contribution in [0, 0.1) is 5.92 Å². The number of benzene rings is 1. The highest BCUT2D eigenvalue weighted by molar-refractivity contribution is 7.11. The Morgan fingerprint density at radius 3 is 2.38 bits per heavy atom. The zero-order valence-corrected chi connectivity index (χ0v) is 13.3. The van der Waals surface area contributed by atoms with Crippen LogP contribution >= 0.6 is 11.3 Å². The lowest BCUT2D eigenvalue weighted by Crippen LogP contribution is -2.33. The van der Waals surface area contributed by atoms with Crippen molar-refractivity contribution in [2.45, 2.75) is 32.4 Å². The molecule has 0 saturated carbocycles. The third-order valence-corrected chi connectivity index (χ3v) is 5.46. The fourth-order valence-electron chi connectivity index (χ4n) is 3.13. The monoisotopic (exact) mass is 300 g/mol. The smallest absolute Gasteiger partial charge is 0.0328 e. The number of nitrogens with two attached hydrogens (primary N) is 1. The summed E-state index contributed by atoms with van der Waals surface area (Å²) in [5.41, 5.74) is 7.17. The predicted octanol–water partition coefficient (Wildman–Crippen LogP) is 3.66. The maximum Gasteiger partial charge on any atom is 0.0328 e. The van der Waals surface area contributed by atoms with Gasteiger partial charge in [0.15, 0.2) is 0 Å². The molecule has 1 aromatic carbocycles. The van der Waals surface area contributed by atoms with E-state index in [0.717, 1.165) is 12.5 Å². The van der Waals surface area contributed by atoms with Crippen LogP contribution in [0.25, 0.3) is 0 Å². The third kappa shape index (κ3) is 4.16. The van der Waals surface area contributed by atoms with Crippen LogP contribution in [0.3, 0.4) is 0 Å². The lowest BCUT2D eigenvalue weighted by molar-refractivity contribution is 0.178. The van der Waals surface area contributed by atoms with Gasteiger partial charge in [-0.25, -0.2) is 0 Å². The largest absolute Gasteiger partial charge is 0.326 e. The molecule has 0 radical (unpaired) electrons. The summed E-state index contributed by atoms with van der Waals surface area (Å²) in [4.78, 5) is 5.34. The molecule has 0 bridgehead atoms. The Balaban J connectivity index is 1.46. The first-order valence-electron chi connectivity index (χ1n) is 7.87. The van der Waals surface area contributed by atoms with Crippen LogP contribution in [-0.4, -0.2) is 18.0 Å². The van der Waals surface area contributed by atoms with Crippen molar-refractivity contribution in [1.82, 2.24) is 4.90 Å². The van der Waals surface area contributed by atoms with E-state index in [1.54, 1.807) is 0 Å². The highest BCUT2D eigenvalue weighted by Gasteiger charge is 2.19. The Morgan fingerprint density at radius 2 is 1.71 bits per heavy atom. The lowest BCUT2D eigenvalue weighted by Gasteiger charge is -2.31. The van der Waals surface area contributed by atoms with Crippen molar-refractivity contribution in [1.29, 1.82) is 0 Å². The zero-order chi connectivity index (χ0) is 14.5. The van der Waals surface area contributed by atoms with Gasteiger partial charge in [0.2, 0.25) is 0 Å². The number of thiophene rings is 1. The van der Waals surface area contributed by atoms with Crippen molar-refractivity contribution >= 4 is 11.3 Å². The molecule has 0 unspecified atom stereocenters. The predicted molar refractivity (Wildman–Crippen MR) is 90.4 cm³/mol. The minimum absolute atomic E-state index is 0.670. The van der Waals surface area contributed by atoms with Crippen molar-refractivity contribution in [3.8, 4) is 0 Å². The molecule has 0 aliphatic carbocycles. The van der Waals surface area contributed by atoms with Crippen molar-refractivity contribution in [2.75, 3.05) is 13.1 Å². The molecule has 1 fully saturated rings. The quantitative estimate of drug-likeness (QED) is 0.913. The topological polar surface area (TPSA) is 29.3 Å². The Hall–Kier alpha value is -1.16. The van der Waals surface area contributed by atoms with E-state index < -0.39 is 0 Å². The zero-order valence-electron chi connectivity index (χ0n) is 12.5. The summed E-state index contributed by atoms with van der Waals surface area (Å²) in [6.45, 7) is 4.23.